The van der Waals surface area contributed by atoms with Crippen molar-refractivity contribution in [2.45, 2.75) is 46.1 Å². The van der Waals surface area contributed by atoms with Crippen molar-refractivity contribution < 1.29 is 23.7 Å². The van der Waals surface area contributed by atoms with Gasteiger partial charge in [-0.3, -0.25) is 9.78 Å². The number of aryl methyl sites for hydroxylation is 4. The maximum absolute atomic E-state index is 12.6. The zero-order valence-corrected chi connectivity index (χ0v) is 30.1. The van der Waals surface area contributed by atoms with Gasteiger partial charge in [0.15, 0.2) is 5.82 Å². The van der Waals surface area contributed by atoms with E-state index in [1.54, 1.807) is 0 Å². The molecule has 10 nitrogen and oxygen atoms in total. The largest absolute Gasteiger partial charge is 0.489 e. The molecule has 0 saturated heterocycles. The minimum atomic E-state index is -0.101. The molecule has 0 atom stereocenters. The lowest BCUT2D eigenvalue weighted by molar-refractivity contribution is 0.0139. The van der Waals surface area contributed by atoms with Gasteiger partial charge in [0.1, 0.15) is 17.9 Å². The summed E-state index contributed by atoms with van der Waals surface area (Å²) in [5.41, 5.74) is 14.2. The van der Waals surface area contributed by atoms with Crippen LogP contribution in [0.15, 0.2) is 72.9 Å². The van der Waals surface area contributed by atoms with Crippen molar-refractivity contribution in [3.63, 3.8) is 0 Å². The summed E-state index contributed by atoms with van der Waals surface area (Å²) in [5.74, 6) is 1.17. The minimum Gasteiger partial charge on any atom is -0.489 e. The molecule has 0 aliphatic carbocycles. The van der Waals surface area contributed by atoms with E-state index in [4.69, 9.17) is 24.7 Å². The van der Waals surface area contributed by atoms with Crippen LogP contribution in [0.5, 0.6) is 5.75 Å². The smallest absolute Gasteiger partial charge is 0.251 e. The molecular formula is C41H51N5O5. The van der Waals surface area contributed by atoms with Gasteiger partial charge in [-0.1, -0.05) is 30.3 Å². The molecule has 0 spiro atoms. The Bertz CT molecular complexity index is 1860. The van der Waals surface area contributed by atoms with Gasteiger partial charge in [-0.2, -0.15) is 0 Å². The van der Waals surface area contributed by atoms with Crippen LogP contribution in [0, 0.1) is 13.8 Å². The normalized spacial score (nSPS) is 11.4. The van der Waals surface area contributed by atoms with Crippen molar-refractivity contribution in [1.82, 2.24) is 20.6 Å². The number of benzene rings is 3. The van der Waals surface area contributed by atoms with Crippen molar-refractivity contribution in [3.8, 4) is 5.75 Å². The molecule has 0 aliphatic rings. The second-order valence-electron chi connectivity index (χ2n) is 12.7. The Morgan fingerprint density at radius 1 is 0.765 bits per heavy atom. The first-order chi connectivity index (χ1) is 24.9. The van der Waals surface area contributed by atoms with Crippen LogP contribution >= 0.6 is 0 Å². The molecule has 0 aliphatic heterocycles. The first kappa shape index (κ1) is 37.6. The number of hydrogen-bond donors (Lipinski definition) is 3. The average Bonchev–Trinajstić information content (AvgIpc) is 3.13. The molecule has 0 fully saturated rings. The third kappa shape index (κ3) is 11.5. The summed E-state index contributed by atoms with van der Waals surface area (Å²) in [6.45, 7) is 9.61. The SMILES string of the molecule is CNCCCOCCOCCOCCCNC(=O)c1ccc(COc2ccc(CCc3cnc4c(N)nc5cc(C)ccc5c4c3)c(C)c2)cc1. The molecule has 4 N–H and O–H groups in total. The minimum absolute atomic E-state index is 0.101. The summed E-state index contributed by atoms with van der Waals surface area (Å²) >= 11 is 0. The van der Waals surface area contributed by atoms with Gasteiger partial charge >= 0.3 is 0 Å². The highest BCUT2D eigenvalue weighted by Gasteiger charge is 2.10. The van der Waals surface area contributed by atoms with Crippen LogP contribution in [0.3, 0.4) is 0 Å². The monoisotopic (exact) mass is 693 g/mol. The molecule has 5 aromatic rings. The van der Waals surface area contributed by atoms with Gasteiger partial charge in [-0.25, -0.2) is 4.98 Å². The lowest BCUT2D eigenvalue weighted by Crippen LogP contribution is -2.25. The van der Waals surface area contributed by atoms with E-state index in [2.05, 4.69) is 70.8 Å². The van der Waals surface area contributed by atoms with Crippen LogP contribution in [0.25, 0.3) is 21.8 Å². The maximum Gasteiger partial charge on any atom is 0.251 e. The van der Waals surface area contributed by atoms with Gasteiger partial charge in [0, 0.05) is 42.3 Å². The lowest BCUT2D eigenvalue weighted by atomic mass is 9.99. The quantitative estimate of drug-likeness (QED) is 0.0615. The summed E-state index contributed by atoms with van der Waals surface area (Å²) in [5, 5.41) is 8.15. The highest BCUT2D eigenvalue weighted by atomic mass is 16.5. The van der Waals surface area contributed by atoms with E-state index in [1.165, 1.54) is 11.1 Å². The Balaban J connectivity index is 0.992. The number of nitrogen functional groups attached to an aromatic ring is 1. The second-order valence-corrected chi connectivity index (χ2v) is 12.7. The van der Waals surface area contributed by atoms with Crippen LogP contribution in [0.1, 0.15) is 51.0 Å². The molecule has 2 heterocycles. The molecule has 0 radical (unpaired) electrons. The van der Waals surface area contributed by atoms with Crippen LogP contribution < -0.4 is 21.1 Å². The zero-order chi connectivity index (χ0) is 35.8. The maximum atomic E-state index is 12.6. The van der Waals surface area contributed by atoms with E-state index >= 15 is 0 Å². The fraction of sp³-hybridized carbons (Fsp3) is 0.390. The van der Waals surface area contributed by atoms with Crippen LogP contribution in [-0.4, -0.2) is 75.7 Å². The van der Waals surface area contributed by atoms with Crippen LogP contribution in [0.4, 0.5) is 5.82 Å². The van der Waals surface area contributed by atoms with E-state index in [-0.39, 0.29) is 5.91 Å². The number of pyridine rings is 2. The standard InChI is InChI=1S/C41H51N5O5/c1-29-6-15-36-37-26-32(27-45-39(37)40(42)46-38(36)24-29)9-10-33-13-14-35(25-30(33)2)51-28-31-7-11-34(12-8-31)41(47)44-17-5-19-49-21-23-50-22-20-48-18-4-16-43-3/h6-8,11-15,24-27,43H,4-5,9-10,16-23,28H2,1-3H3,(H2,42,46)(H,44,47). The van der Waals surface area contributed by atoms with Gasteiger partial charge < -0.3 is 35.3 Å². The fourth-order valence-electron chi connectivity index (χ4n) is 5.81. The van der Waals surface area contributed by atoms with Crippen molar-refractivity contribution in [1.29, 1.82) is 0 Å². The number of anilines is 1. The summed E-state index contributed by atoms with van der Waals surface area (Å²) in [4.78, 5) is 21.8. The predicted molar refractivity (Wildman–Crippen MR) is 204 cm³/mol. The molecule has 0 unspecified atom stereocenters. The Kier molecular flexibility index (Phi) is 14.5. The number of carbonyl (C=O) groups is 1. The van der Waals surface area contributed by atoms with Crippen LogP contribution in [-0.2, 0) is 33.7 Å². The van der Waals surface area contributed by atoms with Gasteiger partial charge in [-0.05, 0) is 117 Å². The molecule has 2 aromatic heterocycles. The Morgan fingerprint density at radius 2 is 1.49 bits per heavy atom. The summed E-state index contributed by atoms with van der Waals surface area (Å²) < 4.78 is 22.7. The highest BCUT2D eigenvalue weighted by Crippen LogP contribution is 2.28. The number of nitrogens with zero attached hydrogens (tertiary/aromatic N) is 2. The van der Waals surface area contributed by atoms with Gasteiger partial charge in [0.05, 0.1) is 31.9 Å². The van der Waals surface area contributed by atoms with Crippen molar-refractivity contribution in [3.05, 3.63) is 106 Å². The first-order valence-corrected chi connectivity index (χ1v) is 17.8. The molecule has 3 aromatic carbocycles. The molecule has 0 saturated carbocycles. The Labute approximate surface area is 301 Å². The summed E-state index contributed by atoms with van der Waals surface area (Å²) in [6, 6.07) is 22.2. The number of fused-ring (bicyclic) bond motifs is 3. The Morgan fingerprint density at radius 3 is 2.22 bits per heavy atom. The second kappa shape index (κ2) is 19.7. The van der Waals surface area contributed by atoms with Gasteiger partial charge in [-0.15, -0.1) is 0 Å². The topological polar surface area (TPSA) is 130 Å². The Hall–Kier alpha value is -4.61. The highest BCUT2D eigenvalue weighted by molar-refractivity contribution is 6.08. The lowest BCUT2D eigenvalue weighted by Gasteiger charge is -2.12. The van der Waals surface area contributed by atoms with E-state index in [0.717, 1.165) is 83.1 Å². The summed E-state index contributed by atoms with van der Waals surface area (Å²) in [6.07, 6.45) is 5.38. The number of carbonyl (C=O) groups excluding carboxylic acids is 1. The van der Waals surface area contributed by atoms with Crippen LogP contribution in [0.2, 0.25) is 0 Å². The number of hydrogen-bond acceptors (Lipinski definition) is 9. The van der Waals surface area contributed by atoms with E-state index in [0.29, 0.717) is 57.6 Å². The van der Waals surface area contributed by atoms with E-state index in [9.17, 15) is 4.79 Å². The molecular weight excluding hydrogens is 642 g/mol. The third-order valence-corrected chi connectivity index (χ3v) is 8.70. The van der Waals surface area contributed by atoms with E-state index in [1.807, 2.05) is 43.6 Å². The van der Waals surface area contributed by atoms with Crippen molar-refractivity contribution >= 4 is 33.5 Å². The van der Waals surface area contributed by atoms with Gasteiger partial charge in [0.2, 0.25) is 0 Å². The number of rotatable bonds is 21. The third-order valence-electron chi connectivity index (χ3n) is 8.70. The molecule has 5 rings (SSSR count). The number of nitrogens with two attached hydrogens (primary N) is 1. The first-order valence-electron chi connectivity index (χ1n) is 17.8. The van der Waals surface area contributed by atoms with Gasteiger partial charge in [0.25, 0.3) is 5.91 Å². The molecule has 1 amide bonds. The number of ether oxygens (including phenoxy) is 4. The number of nitrogens with one attached hydrogen (secondary N) is 2. The number of amides is 1. The molecule has 51 heavy (non-hydrogen) atoms. The zero-order valence-electron chi connectivity index (χ0n) is 30.1. The summed E-state index contributed by atoms with van der Waals surface area (Å²) in [7, 11) is 1.93. The molecule has 270 valence electrons. The van der Waals surface area contributed by atoms with E-state index < -0.39 is 0 Å². The number of aromatic nitrogens is 2. The van der Waals surface area contributed by atoms with Crippen molar-refractivity contribution in [2.24, 2.45) is 0 Å². The fourth-order valence-corrected chi connectivity index (χ4v) is 5.81. The average molecular weight is 694 g/mol. The molecule has 0 bridgehead atoms. The molecule has 10 heteroatoms. The predicted octanol–water partition coefficient (Wildman–Crippen LogP) is 6.13. The van der Waals surface area contributed by atoms with Crippen molar-refractivity contribution in [2.75, 3.05) is 65.5 Å².